The molecule has 1 fully saturated rings. The van der Waals surface area contributed by atoms with Gasteiger partial charge in [-0.3, -0.25) is 4.79 Å². The normalized spacial score (nSPS) is 20.6. The molecule has 0 bridgehead atoms. The summed E-state index contributed by atoms with van der Waals surface area (Å²) in [4.78, 5) is 18.4. The van der Waals surface area contributed by atoms with E-state index < -0.39 is 0 Å². The average Bonchev–Trinajstić information content (AvgIpc) is 2.39. The van der Waals surface area contributed by atoms with Crippen LogP contribution in [0.25, 0.3) is 0 Å². The Labute approximate surface area is 107 Å². The van der Waals surface area contributed by atoms with Crippen molar-refractivity contribution < 1.29 is 4.79 Å². The van der Waals surface area contributed by atoms with Gasteiger partial charge in [0.05, 0.1) is 5.69 Å². The maximum Gasteiger partial charge on any atom is 0.272 e. The minimum Gasteiger partial charge on any atom is -0.397 e. The van der Waals surface area contributed by atoms with Gasteiger partial charge in [-0.25, -0.2) is 4.98 Å². The molecule has 0 saturated carbocycles. The first-order valence-electron chi connectivity index (χ1n) is 6.44. The van der Waals surface area contributed by atoms with Crippen molar-refractivity contribution in [2.24, 2.45) is 0 Å². The van der Waals surface area contributed by atoms with E-state index in [9.17, 15) is 4.79 Å². The monoisotopic (exact) mass is 248 g/mol. The van der Waals surface area contributed by atoms with Gasteiger partial charge in [-0.15, -0.1) is 0 Å². The van der Waals surface area contributed by atoms with E-state index >= 15 is 0 Å². The quantitative estimate of drug-likeness (QED) is 0.833. The van der Waals surface area contributed by atoms with Gasteiger partial charge in [0.15, 0.2) is 5.69 Å². The van der Waals surface area contributed by atoms with Crippen LogP contribution in [0.1, 0.15) is 30.3 Å². The first-order chi connectivity index (χ1) is 8.70. The van der Waals surface area contributed by atoms with Gasteiger partial charge in [0.25, 0.3) is 5.91 Å². The van der Waals surface area contributed by atoms with E-state index in [0.717, 1.165) is 32.5 Å². The van der Waals surface area contributed by atoms with Crippen molar-refractivity contribution in [1.29, 1.82) is 0 Å². The zero-order valence-electron chi connectivity index (χ0n) is 10.7. The first kappa shape index (κ1) is 12.8. The fourth-order valence-electron chi connectivity index (χ4n) is 2.32. The minimum absolute atomic E-state index is 0.170. The molecule has 5 nitrogen and oxygen atoms in total. The fraction of sp³-hybridized carbons (Fsp3) is 0.538. The Morgan fingerprint density at radius 3 is 3.22 bits per heavy atom. The van der Waals surface area contributed by atoms with E-state index in [0.29, 0.717) is 11.4 Å². The lowest BCUT2D eigenvalue weighted by molar-refractivity contribution is 0.0902. The minimum atomic E-state index is -0.170. The molecule has 0 spiro atoms. The van der Waals surface area contributed by atoms with Crippen molar-refractivity contribution >= 4 is 11.6 Å². The summed E-state index contributed by atoms with van der Waals surface area (Å²) in [5, 5.41) is 3.02. The maximum atomic E-state index is 12.1. The number of nitrogen functional groups attached to an aromatic ring is 1. The lowest BCUT2D eigenvalue weighted by Gasteiger charge is -2.32. The molecule has 3 N–H and O–H groups in total. The average molecular weight is 248 g/mol. The highest BCUT2D eigenvalue weighted by molar-refractivity contribution is 5.97. The Morgan fingerprint density at radius 2 is 2.50 bits per heavy atom. The molecule has 5 heteroatoms. The number of carbonyl (C=O) groups excluding carboxylic acids is 1. The summed E-state index contributed by atoms with van der Waals surface area (Å²) < 4.78 is 0. The van der Waals surface area contributed by atoms with Gasteiger partial charge < -0.3 is 16.0 Å². The van der Waals surface area contributed by atoms with Crippen LogP contribution in [0, 0.1) is 0 Å². The smallest absolute Gasteiger partial charge is 0.272 e. The number of nitrogens with two attached hydrogens (primary N) is 1. The Bertz CT molecular complexity index is 421. The van der Waals surface area contributed by atoms with Crippen molar-refractivity contribution in [3.05, 3.63) is 24.0 Å². The van der Waals surface area contributed by atoms with Crippen LogP contribution in [-0.2, 0) is 0 Å². The summed E-state index contributed by atoms with van der Waals surface area (Å²) in [5.74, 6) is -0.170. The summed E-state index contributed by atoms with van der Waals surface area (Å²) in [6, 6.07) is 3.62. The second-order valence-electron chi connectivity index (χ2n) is 4.65. The van der Waals surface area contributed by atoms with Crippen molar-refractivity contribution in [2.45, 2.75) is 25.8 Å². The molecular weight excluding hydrogens is 228 g/mol. The van der Waals surface area contributed by atoms with Crippen LogP contribution in [0.2, 0.25) is 0 Å². The second kappa shape index (κ2) is 5.82. The van der Waals surface area contributed by atoms with Crippen molar-refractivity contribution in [3.63, 3.8) is 0 Å². The molecule has 0 aromatic carbocycles. The van der Waals surface area contributed by atoms with Crippen LogP contribution < -0.4 is 11.1 Å². The van der Waals surface area contributed by atoms with Crippen LogP contribution in [0.15, 0.2) is 18.3 Å². The summed E-state index contributed by atoms with van der Waals surface area (Å²) in [6.07, 6.45) is 3.73. The van der Waals surface area contributed by atoms with E-state index in [2.05, 4.69) is 22.1 Å². The Hall–Kier alpha value is -1.62. The van der Waals surface area contributed by atoms with Crippen LogP contribution in [0.3, 0.4) is 0 Å². The Kier molecular flexibility index (Phi) is 4.15. The largest absolute Gasteiger partial charge is 0.397 e. The number of piperidine rings is 1. The number of likely N-dealkylation sites (N-methyl/N-ethyl adjacent to an activating group) is 1. The number of rotatable bonds is 3. The van der Waals surface area contributed by atoms with E-state index in [-0.39, 0.29) is 11.9 Å². The third-order valence-corrected chi connectivity index (χ3v) is 3.34. The first-order valence-corrected chi connectivity index (χ1v) is 6.44. The van der Waals surface area contributed by atoms with Gasteiger partial charge in [0, 0.05) is 18.8 Å². The van der Waals surface area contributed by atoms with Crippen LogP contribution >= 0.6 is 0 Å². The molecule has 1 atom stereocenters. The van der Waals surface area contributed by atoms with Gasteiger partial charge in [-0.2, -0.15) is 0 Å². The van der Waals surface area contributed by atoms with Crippen molar-refractivity contribution in [2.75, 3.05) is 25.4 Å². The maximum absolute atomic E-state index is 12.1. The zero-order valence-corrected chi connectivity index (χ0v) is 10.7. The van der Waals surface area contributed by atoms with Crippen LogP contribution in [0.5, 0.6) is 0 Å². The molecule has 98 valence electrons. The van der Waals surface area contributed by atoms with Gasteiger partial charge in [0.2, 0.25) is 0 Å². The second-order valence-corrected chi connectivity index (χ2v) is 4.65. The number of hydrogen-bond donors (Lipinski definition) is 2. The van der Waals surface area contributed by atoms with Crippen LogP contribution in [-0.4, -0.2) is 41.5 Å². The number of anilines is 1. The third kappa shape index (κ3) is 2.98. The number of nitrogens with one attached hydrogen (secondary N) is 1. The molecule has 1 saturated heterocycles. The van der Waals surface area contributed by atoms with Gasteiger partial charge in [-0.1, -0.05) is 6.92 Å². The van der Waals surface area contributed by atoms with Gasteiger partial charge in [0.1, 0.15) is 0 Å². The Morgan fingerprint density at radius 1 is 1.67 bits per heavy atom. The van der Waals surface area contributed by atoms with Crippen LogP contribution in [0.4, 0.5) is 5.69 Å². The number of hydrogen-bond acceptors (Lipinski definition) is 4. The van der Waals surface area contributed by atoms with Gasteiger partial charge >= 0.3 is 0 Å². The van der Waals surface area contributed by atoms with Gasteiger partial charge in [-0.05, 0) is 38.1 Å². The topological polar surface area (TPSA) is 71.2 Å². The summed E-state index contributed by atoms with van der Waals surface area (Å²) in [5.41, 5.74) is 6.50. The number of pyridine rings is 1. The molecular formula is C13H20N4O. The number of carbonyl (C=O) groups is 1. The summed E-state index contributed by atoms with van der Waals surface area (Å²) in [7, 11) is 0. The molecule has 1 aliphatic heterocycles. The number of likely N-dealkylation sites (tertiary alicyclic amines) is 1. The number of amides is 1. The summed E-state index contributed by atoms with van der Waals surface area (Å²) in [6.45, 7) is 5.20. The highest BCUT2D eigenvalue weighted by atomic mass is 16.2. The lowest BCUT2D eigenvalue weighted by Crippen LogP contribution is -2.47. The molecule has 2 rings (SSSR count). The molecule has 1 unspecified atom stereocenters. The predicted octanol–water partition coefficient (Wildman–Crippen LogP) is 0.878. The SMILES string of the molecule is CCN1CCCC(NC(=O)c2ncccc2N)C1. The van der Waals surface area contributed by atoms with E-state index in [1.54, 1.807) is 18.3 Å². The third-order valence-electron chi connectivity index (χ3n) is 3.34. The molecule has 1 aromatic heterocycles. The standard InChI is InChI=1S/C13H20N4O/c1-2-17-8-4-5-10(9-17)16-13(18)12-11(14)6-3-7-15-12/h3,6-7,10H,2,4-5,8-9,14H2,1H3,(H,16,18). The molecule has 2 heterocycles. The van der Waals surface area contributed by atoms with Crippen molar-refractivity contribution in [1.82, 2.24) is 15.2 Å². The molecule has 0 aliphatic carbocycles. The Balaban J connectivity index is 1.97. The number of aromatic nitrogens is 1. The molecule has 1 aliphatic rings. The van der Waals surface area contributed by atoms with Crippen molar-refractivity contribution in [3.8, 4) is 0 Å². The molecule has 1 amide bonds. The van der Waals surface area contributed by atoms with E-state index in [1.165, 1.54) is 0 Å². The predicted molar refractivity (Wildman–Crippen MR) is 71.3 cm³/mol. The molecule has 1 aromatic rings. The molecule has 18 heavy (non-hydrogen) atoms. The molecule has 0 radical (unpaired) electrons. The van der Waals surface area contributed by atoms with E-state index in [1.807, 2.05) is 0 Å². The number of nitrogens with zero attached hydrogens (tertiary/aromatic N) is 2. The summed E-state index contributed by atoms with van der Waals surface area (Å²) >= 11 is 0. The fourth-order valence-corrected chi connectivity index (χ4v) is 2.32. The zero-order chi connectivity index (χ0) is 13.0. The lowest BCUT2D eigenvalue weighted by atomic mass is 10.1. The van der Waals surface area contributed by atoms with E-state index in [4.69, 9.17) is 5.73 Å². The highest BCUT2D eigenvalue weighted by Gasteiger charge is 2.21. The highest BCUT2D eigenvalue weighted by Crippen LogP contribution is 2.12.